The molecule has 0 aliphatic carbocycles. The van der Waals surface area contributed by atoms with Crippen LogP contribution in [0.3, 0.4) is 0 Å². The van der Waals surface area contributed by atoms with Crippen LogP contribution >= 0.6 is 0 Å². The minimum Gasteiger partial charge on any atom is -0.343 e. The molecular formula is C37H38N4O2. The summed E-state index contributed by atoms with van der Waals surface area (Å²) in [5.41, 5.74) is 5.19. The Morgan fingerprint density at radius 3 is 1.84 bits per heavy atom. The number of para-hydroxylation sites is 1. The van der Waals surface area contributed by atoms with Gasteiger partial charge in [-0.15, -0.1) is 0 Å². The molecule has 1 unspecified atom stereocenters. The van der Waals surface area contributed by atoms with E-state index in [2.05, 4.69) is 31.4 Å². The lowest BCUT2D eigenvalue weighted by Crippen LogP contribution is -2.47. The van der Waals surface area contributed by atoms with Gasteiger partial charge >= 0.3 is 0 Å². The summed E-state index contributed by atoms with van der Waals surface area (Å²) in [5, 5.41) is 11.1. The van der Waals surface area contributed by atoms with E-state index in [0.29, 0.717) is 12.2 Å². The summed E-state index contributed by atoms with van der Waals surface area (Å²) >= 11 is 0. The van der Waals surface area contributed by atoms with Gasteiger partial charge in [-0.3, -0.25) is 9.59 Å². The highest BCUT2D eigenvalue weighted by Gasteiger charge is 2.30. The third-order valence-electron chi connectivity index (χ3n) is 7.52. The molecule has 2 amide bonds. The van der Waals surface area contributed by atoms with E-state index >= 15 is 0 Å². The van der Waals surface area contributed by atoms with E-state index in [1.807, 2.05) is 128 Å². The molecule has 0 saturated carbocycles. The number of aromatic nitrogens is 2. The second-order valence-corrected chi connectivity index (χ2v) is 11.9. The van der Waals surface area contributed by atoms with Crippen LogP contribution in [0.25, 0.3) is 5.69 Å². The smallest absolute Gasteiger partial charge is 0.248 e. The van der Waals surface area contributed by atoms with Gasteiger partial charge in [0.1, 0.15) is 11.9 Å². The van der Waals surface area contributed by atoms with Crippen molar-refractivity contribution in [3.63, 3.8) is 0 Å². The predicted octanol–water partition coefficient (Wildman–Crippen LogP) is 6.98. The van der Waals surface area contributed by atoms with E-state index in [-0.39, 0.29) is 17.2 Å². The quantitative estimate of drug-likeness (QED) is 0.201. The van der Waals surface area contributed by atoms with E-state index < -0.39 is 12.0 Å². The van der Waals surface area contributed by atoms with Crippen molar-refractivity contribution >= 4 is 17.6 Å². The zero-order valence-electron chi connectivity index (χ0n) is 25.1. The number of carbonyl (C=O) groups is 2. The van der Waals surface area contributed by atoms with Crippen LogP contribution in [-0.2, 0) is 21.4 Å². The number of anilines is 1. The molecule has 6 nitrogen and oxygen atoms in total. The zero-order chi connectivity index (χ0) is 30.4. The number of hydrogen-bond acceptors (Lipinski definition) is 3. The molecule has 43 heavy (non-hydrogen) atoms. The van der Waals surface area contributed by atoms with Crippen molar-refractivity contribution in [1.82, 2.24) is 15.1 Å². The monoisotopic (exact) mass is 570 g/mol. The van der Waals surface area contributed by atoms with Crippen molar-refractivity contribution in [2.24, 2.45) is 0 Å². The molecular weight excluding hydrogens is 532 g/mol. The summed E-state index contributed by atoms with van der Waals surface area (Å²) in [5.74, 6) is -0.568. The summed E-state index contributed by atoms with van der Waals surface area (Å²) in [6, 6.07) is 38.1. The van der Waals surface area contributed by atoms with Gasteiger partial charge in [0.2, 0.25) is 11.8 Å². The average molecular weight is 571 g/mol. The first-order chi connectivity index (χ1) is 20.7. The summed E-state index contributed by atoms with van der Waals surface area (Å²) < 4.78 is 1.78. The number of benzene rings is 4. The van der Waals surface area contributed by atoms with Crippen molar-refractivity contribution in [2.75, 3.05) is 5.32 Å². The van der Waals surface area contributed by atoms with Crippen molar-refractivity contribution in [2.45, 2.75) is 51.5 Å². The molecule has 0 bridgehead atoms. The van der Waals surface area contributed by atoms with Gasteiger partial charge in [-0.25, -0.2) is 4.68 Å². The van der Waals surface area contributed by atoms with Crippen LogP contribution < -0.4 is 10.6 Å². The standard InChI is InChI=1S/C37H38N4O2/c1-26-16-14-15-23-31(26)41-33(25-32(40-41)37(2,3)4)39-35(42)30(24-27-17-8-5-9-18-27)38-36(43)34(28-19-10-6-11-20-28)29-21-12-7-13-22-29/h5-23,25,30,34H,24H2,1-4H3,(H,38,43)(H,39,42). The fourth-order valence-electron chi connectivity index (χ4n) is 5.14. The second-order valence-electron chi connectivity index (χ2n) is 11.9. The van der Waals surface area contributed by atoms with Crippen molar-refractivity contribution in [1.29, 1.82) is 0 Å². The third kappa shape index (κ3) is 7.09. The average Bonchev–Trinajstić information content (AvgIpc) is 3.43. The van der Waals surface area contributed by atoms with Crippen LogP contribution in [0.5, 0.6) is 0 Å². The number of hydrogen-bond donors (Lipinski definition) is 2. The molecule has 4 aromatic carbocycles. The van der Waals surface area contributed by atoms with Gasteiger partial charge in [-0.05, 0) is 35.2 Å². The predicted molar refractivity (Wildman–Crippen MR) is 172 cm³/mol. The van der Waals surface area contributed by atoms with Crippen molar-refractivity contribution in [3.05, 3.63) is 149 Å². The van der Waals surface area contributed by atoms with Gasteiger partial charge in [-0.2, -0.15) is 5.10 Å². The first-order valence-electron chi connectivity index (χ1n) is 14.6. The summed E-state index contributed by atoms with van der Waals surface area (Å²) in [7, 11) is 0. The van der Waals surface area contributed by atoms with Gasteiger partial charge in [0, 0.05) is 17.9 Å². The Kier molecular flexibility index (Phi) is 8.86. The number of nitrogens with zero attached hydrogens (tertiary/aromatic N) is 2. The number of amides is 2. The highest BCUT2D eigenvalue weighted by molar-refractivity contribution is 5.98. The molecule has 1 aromatic heterocycles. The molecule has 6 heteroatoms. The molecule has 0 aliphatic rings. The van der Waals surface area contributed by atoms with Gasteiger partial charge in [0.25, 0.3) is 0 Å². The summed E-state index contributed by atoms with van der Waals surface area (Å²) in [6.45, 7) is 8.30. The van der Waals surface area contributed by atoms with Gasteiger partial charge < -0.3 is 10.6 Å². The molecule has 0 saturated heterocycles. The molecule has 1 heterocycles. The Labute approximate surface area is 253 Å². The van der Waals surface area contributed by atoms with Crippen LogP contribution in [0.4, 0.5) is 5.82 Å². The number of carbonyl (C=O) groups excluding carboxylic acids is 2. The Bertz CT molecular complexity index is 1630. The summed E-state index contributed by atoms with van der Waals surface area (Å²) in [6.07, 6.45) is 0.333. The summed E-state index contributed by atoms with van der Waals surface area (Å²) in [4.78, 5) is 28.2. The Hall–Kier alpha value is -4.97. The third-order valence-corrected chi connectivity index (χ3v) is 7.52. The minimum absolute atomic E-state index is 0.232. The lowest BCUT2D eigenvalue weighted by atomic mass is 9.90. The normalized spacial score (nSPS) is 12.1. The SMILES string of the molecule is Cc1ccccc1-n1nc(C(C)(C)C)cc1NC(=O)C(Cc1ccccc1)NC(=O)C(c1ccccc1)c1ccccc1. The molecule has 5 aromatic rings. The molecule has 1 atom stereocenters. The van der Waals surface area contributed by atoms with E-state index in [0.717, 1.165) is 33.6 Å². The van der Waals surface area contributed by atoms with E-state index in [9.17, 15) is 9.59 Å². The van der Waals surface area contributed by atoms with E-state index in [1.165, 1.54) is 0 Å². The van der Waals surface area contributed by atoms with Gasteiger partial charge in [0.15, 0.2) is 0 Å². The first kappa shape index (κ1) is 29.5. The van der Waals surface area contributed by atoms with E-state index in [4.69, 9.17) is 5.10 Å². The molecule has 5 rings (SSSR count). The molecule has 0 radical (unpaired) electrons. The fourth-order valence-corrected chi connectivity index (χ4v) is 5.14. The molecule has 2 N–H and O–H groups in total. The lowest BCUT2D eigenvalue weighted by Gasteiger charge is -2.23. The Morgan fingerprint density at radius 2 is 1.28 bits per heavy atom. The number of nitrogens with one attached hydrogen (secondary N) is 2. The van der Waals surface area contributed by atoms with Crippen LogP contribution in [0.15, 0.2) is 121 Å². The topological polar surface area (TPSA) is 76.0 Å². The molecule has 0 spiro atoms. The number of aryl methyl sites for hydroxylation is 1. The maximum atomic E-state index is 14.1. The van der Waals surface area contributed by atoms with Gasteiger partial charge in [-0.1, -0.05) is 130 Å². The van der Waals surface area contributed by atoms with Gasteiger partial charge in [0.05, 0.1) is 17.3 Å². The highest BCUT2D eigenvalue weighted by Crippen LogP contribution is 2.28. The zero-order valence-corrected chi connectivity index (χ0v) is 25.1. The second kappa shape index (κ2) is 12.9. The van der Waals surface area contributed by atoms with Crippen LogP contribution in [0.1, 0.15) is 54.6 Å². The van der Waals surface area contributed by atoms with Crippen molar-refractivity contribution < 1.29 is 9.59 Å². The van der Waals surface area contributed by atoms with Crippen LogP contribution in [0, 0.1) is 6.92 Å². The first-order valence-corrected chi connectivity index (χ1v) is 14.6. The Balaban J connectivity index is 1.50. The fraction of sp³-hybridized carbons (Fsp3) is 0.216. The van der Waals surface area contributed by atoms with Crippen LogP contribution in [-0.4, -0.2) is 27.6 Å². The van der Waals surface area contributed by atoms with Crippen molar-refractivity contribution in [3.8, 4) is 5.69 Å². The lowest BCUT2D eigenvalue weighted by molar-refractivity contribution is -0.126. The largest absolute Gasteiger partial charge is 0.343 e. The van der Waals surface area contributed by atoms with Crippen LogP contribution in [0.2, 0.25) is 0 Å². The maximum Gasteiger partial charge on any atom is 0.248 e. The Morgan fingerprint density at radius 1 is 0.744 bits per heavy atom. The maximum absolute atomic E-state index is 14.1. The number of rotatable bonds is 9. The molecule has 218 valence electrons. The highest BCUT2D eigenvalue weighted by atomic mass is 16.2. The van der Waals surface area contributed by atoms with E-state index in [1.54, 1.807) is 4.68 Å². The molecule has 0 aliphatic heterocycles. The minimum atomic E-state index is -0.830. The molecule has 0 fully saturated rings.